The molecule has 2 heterocycles. The average Bonchev–Trinajstić information content (AvgIpc) is 2.87. The number of nitrogens with one attached hydrogen (secondary N) is 1. The molecule has 2 rings (SSSR count). The number of thiazole rings is 1. The Morgan fingerprint density at radius 1 is 1.45 bits per heavy atom. The van der Waals surface area contributed by atoms with Crippen molar-refractivity contribution in [3.8, 4) is 5.88 Å². The van der Waals surface area contributed by atoms with Gasteiger partial charge in [0.2, 0.25) is 5.88 Å². The molecule has 0 radical (unpaired) electrons. The summed E-state index contributed by atoms with van der Waals surface area (Å²) >= 11 is 1.29. The highest BCUT2D eigenvalue weighted by Gasteiger charge is 2.15. The van der Waals surface area contributed by atoms with Crippen LogP contribution >= 0.6 is 11.3 Å². The first-order valence-electron chi connectivity index (χ1n) is 5.84. The van der Waals surface area contributed by atoms with Crippen LogP contribution in [0.3, 0.4) is 0 Å². The number of hydrogen-bond acceptors (Lipinski definition) is 7. The average molecular weight is 294 g/mol. The van der Waals surface area contributed by atoms with Crippen LogP contribution in [-0.4, -0.2) is 33.1 Å². The van der Waals surface area contributed by atoms with Gasteiger partial charge in [0, 0.05) is 11.4 Å². The van der Waals surface area contributed by atoms with Gasteiger partial charge in [0.25, 0.3) is 0 Å². The van der Waals surface area contributed by atoms with Crippen molar-refractivity contribution >= 4 is 23.1 Å². The Hall–Kier alpha value is -2.22. The zero-order chi connectivity index (χ0) is 14.7. The normalized spacial score (nSPS) is 11.9. The third-order valence-electron chi connectivity index (χ3n) is 2.50. The number of aromatic nitrogens is 3. The summed E-state index contributed by atoms with van der Waals surface area (Å²) in [4.78, 5) is 23.2. The van der Waals surface area contributed by atoms with Crippen molar-refractivity contribution in [2.45, 2.75) is 19.9 Å². The first-order valence-corrected chi connectivity index (χ1v) is 6.72. The van der Waals surface area contributed by atoms with Crippen LogP contribution in [0.2, 0.25) is 0 Å². The quantitative estimate of drug-likeness (QED) is 0.871. The van der Waals surface area contributed by atoms with Crippen molar-refractivity contribution in [3.63, 3.8) is 0 Å². The minimum absolute atomic E-state index is 0.0510. The summed E-state index contributed by atoms with van der Waals surface area (Å²) in [5, 5.41) is 14.2. The fraction of sp³-hybridized carbons (Fsp3) is 0.333. The lowest BCUT2D eigenvalue weighted by atomic mass is 10.3. The minimum atomic E-state index is -1.03. The van der Waals surface area contributed by atoms with Gasteiger partial charge in [-0.2, -0.15) is 4.98 Å². The lowest BCUT2D eigenvalue weighted by molar-refractivity contribution is 0.0691. The second kappa shape index (κ2) is 5.83. The molecule has 20 heavy (non-hydrogen) atoms. The molecular weight excluding hydrogens is 280 g/mol. The van der Waals surface area contributed by atoms with Crippen molar-refractivity contribution in [3.05, 3.63) is 28.0 Å². The van der Waals surface area contributed by atoms with Gasteiger partial charge < -0.3 is 15.2 Å². The molecule has 0 aliphatic heterocycles. The fourth-order valence-electron chi connectivity index (χ4n) is 1.59. The molecule has 2 N–H and O–H groups in total. The molecule has 0 saturated carbocycles. The first-order chi connectivity index (χ1) is 9.49. The Bertz CT molecular complexity index is 629. The summed E-state index contributed by atoms with van der Waals surface area (Å²) in [6.07, 6.45) is 0. The van der Waals surface area contributed by atoms with E-state index in [4.69, 9.17) is 9.84 Å². The van der Waals surface area contributed by atoms with E-state index in [0.717, 1.165) is 0 Å². The first kappa shape index (κ1) is 14.2. The van der Waals surface area contributed by atoms with E-state index in [2.05, 4.69) is 20.3 Å². The van der Waals surface area contributed by atoms with Gasteiger partial charge in [0.1, 0.15) is 16.6 Å². The summed E-state index contributed by atoms with van der Waals surface area (Å²) in [6.45, 7) is 3.65. The highest BCUT2D eigenvalue weighted by Crippen LogP contribution is 2.23. The molecule has 1 unspecified atom stereocenters. The molecule has 8 heteroatoms. The molecule has 0 spiro atoms. The standard InChI is InChI=1S/C12H14N4O3S/c1-6(11-16-8(5-20-11)12(17)18)13-9-4-10(19-3)15-7(2)14-9/h4-6H,1-3H3,(H,17,18)(H,13,14,15). The van der Waals surface area contributed by atoms with Gasteiger partial charge in [-0.05, 0) is 13.8 Å². The van der Waals surface area contributed by atoms with E-state index in [0.29, 0.717) is 22.5 Å². The molecule has 2 aromatic heterocycles. The second-order valence-corrected chi connectivity index (χ2v) is 4.97. The Morgan fingerprint density at radius 3 is 2.80 bits per heavy atom. The Kier molecular flexibility index (Phi) is 4.14. The van der Waals surface area contributed by atoms with Crippen molar-refractivity contribution in [2.24, 2.45) is 0 Å². The SMILES string of the molecule is COc1cc(NC(C)c2nc(C(=O)O)cs2)nc(C)n1. The molecule has 0 amide bonds. The van der Waals surface area contributed by atoms with Gasteiger partial charge in [-0.25, -0.2) is 14.8 Å². The number of carboxylic acid groups (broad SMARTS) is 1. The molecule has 0 aliphatic rings. The van der Waals surface area contributed by atoms with E-state index in [1.165, 1.54) is 23.8 Å². The number of rotatable bonds is 5. The van der Waals surface area contributed by atoms with Crippen LogP contribution in [0.4, 0.5) is 5.82 Å². The van der Waals surface area contributed by atoms with Crippen LogP contribution in [0.5, 0.6) is 5.88 Å². The van der Waals surface area contributed by atoms with E-state index < -0.39 is 5.97 Å². The minimum Gasteiger partial charge on any atom is -0.481 e. The fourth-order valence-corrected chi connectivity index (χ4v) is 2.39. The zero-order valence-corrected chi connectivity index (χ0v) is 12.1. The van der Waals surface area contributed by atoms with Gasteiger partial charge in [-0.15, -0.1) is 11.3 Å². The van der Waals surface area contributed by atoms with Crippen LogP contribution in [0.25, 0.3) is 0 Å². The second-order valence-electron chi connectivity index (χ2n) is 4.08. The predicted octanol–water partition coefficient (Wildman–Crippen LogP) is 2.12. The van der Waals surface area contributed by atoms with Gasteiger partial charge >= 0.3 is 5.97 Å². The van der Waals surface area contributed by atoms with E-state index in [1.54, 1.807) is 13.0 Å². The summed E-state index contributed by atoms with van der Waals surface area (Å²) in [7, 11) is 1.54. The smallest absolute Gasteiger partial charge is 0.355 e. The molecule has 0 aliphatic carbocycles. The Labute approximate surface area is 119 Å². The lowest BCUT2D eigenvalue weighted by Crippen LogP contribution is -2.09. The van der Waals surface area contributed by atoms with E-state index >= 15 is 0 Å². The van der Waals surface area contributed by atoms with Gasteiger partial charge in [0.15, 0.2) is 5.69 Å². The number of nitrogens with zero attached hydrogens (tertiary/aromatic N) is 3. The van der Waals surface area contributed by atoms with Crippen molar-refractivity contribution < 1.29 is 14.6 Å². The third kappa shape index (κ3) is 3.21. The third-order valence-corrected chi connectivity index (χ3v) is 3.53. The van der Waals surface area contributed by atoms with Crippen LogP contribution in [0.15, 0.2) is 11.4 Å². The molecule has 106 valence electrons. The number of aromatic carboxylic acids is 1. The van der Waals surface area contributed by atoms with Crippen LogP contribution in [-0.2, 0) is 0 Å². The van der Waals surface area contributed by atoms with Crippen molar-refractivity contribution in [2.75, 3.05) is 12.4 Å². The number of methoxy groups -OCH3 is 1. The molecule has 0 aromatic carbocycles. The number of carboxylic acids is 1. The number of hydrogen-bond donors (Lipinski definition) is 2. The van der Waals surface area contributed by atoms with Crippen LogP contribution in [0.1, 0.15) is 34.3 Å². The zero-order valence-electron chi connectivity index (χ0n) is 11.2. The van der Waals surface area contributed by atoms with E-state index in [-0.39, 0.29) is 11.7 Å². The number of anilines is 1. The number of ether oxygens (including phenoxy) is 1. The Morgan fingerprint density at radius 2 is 2.20 bits per heavy atom. The maximum Gasteiger partial charge on any atom is 0.355 e. The molecule has 0 bridgehead atoms. The maximum atomic E-state index is 10.8. The van der Waals surface area contributed by atoms with E-state index in [9.17, 15) is 4.79 Å². The highest BCUT2D eigenvalue weighted by molar-refractivity contribution is 7.09. The lowest BCUT2D eigenvalue weighted by Gasteiger charge is -2.12. The molecule has 0 saturated heterocycles. The summed E-state index contributed by atoms with van der Waals surface area (Å²) < 4.78 is 5.08. The van der Waals surface area contributed by atoms with Crippen molar-refractivity contribution in [1.29, 1.82) is 0 Å². The Balaban J connectivity index is 2.16. The molecule has 2 aromatic rings. The molecule has 1 atom stereocenters. The maximum absolute atomic E-state index is 10.8. The topological polar surface area (TPSA) is 97.2 Å². The van der Waals surface area contributed by atoms with Crippen LogP contribution < -0.4 is 10.1 Å². The summed E-state index contributed by atoms with van der Waals surface area (Å²) in [5.74, 6) is 0.634. The van der Waals surface area contributed by atoms with Crippen molar-refractivity contribution in [1.82, 2.24) is 15.0 Å². The number of carbonyl (C=O) groups is 1. The largest absolute Gasteiger partial charge is 0.481 e. The van der Waals surface area contributed by atoms with Gasteiger partial charge in [-0.3, -0.25) is 0 Å². The molecular formula is C12H14N4O3S. The van der Waals surface area contributed by atoms with E-state index in [1.807, 2.05) is 6.92 Å². The van der Waals surface area contributed by atoms with Crippen LogP contribution in [0, 0.1) is 6.92 Å². The van der Waals surface area contributed by atoms with Gasteiger partial charge in [0.05, 0.1) is 13.2 Å². The summed E-state index contributed by atoms with van der Waals surface area (Å²) in [6, 6.07) is 1.52. The molecule has 7 nitrogen and oxygen atoms in total. The molecule has 0 fully saturated rings. The summed E-state index contributed by atoms with van der Waals surface area (Å²) in [5.41, 5.74) is 0.0510. The predicted molar refractivity (Wildman–Crippen MR) is 74.4 cm³/mol. The number of aryl methyl sites for hydroxylation is 1. The highest BCUT2D eigenvalue weighted by atomic mass is 32.1. The monoisotopic (exact) mass is 294 g/mol. The van der Waals surface area contributed by atoms with Gasteiger partial charge in [-0.1, -0.05) is 0 Å².